The van der Waals surface area contributed by atoms with Crippen molar-refractivity contribution in [3.8, 4) is 0 Å². The lowest BCUT2D eigenvalue weighted by atomic mass is 9.41. The highest BCUT2D eigenvalue weighted by Crippen LogP contribution is 2.72. The van der Waals surface area contributed by atoms with Crippen LogP contribution < -0.4 is 0 Å². The van der Waals surface area contributed by atoms with Crippen molar-refractivity contribution in [2.75, 3.05) is 6.61 Å². The maximum Gasteiger partial charge on any atom is 0.0487 e. The molecule has 4 saturated carbocycles. The molecule has 2 bridgehead atoms. The summed E-state index contributed by atoms with van der Waals surface area (Å²) in [5.41, 5.74) is 2.82. The van der Waals surface area contributed by atoms with Crippen LogP contribution in [0, 0.1) is 34.0 Å². The Bertz CT molecular complexity index is 468. The highest BCUT2D eigenvalue weighted by molar-refractivity contribution is 5.22. The van der Waals surface area contributed by atoms with Crippen LogP contribution in [0.5, 0.6) is 0 Å². The average Bonchev–Trinajstić information content (AvgIpc) is 2.68. The average molecular weight is 288 g/mol. The number of hydrogen-bond acceptors (Lipinski definition) is 1. The van der Waals surface area contributed by atoms with Crippen LogP contribution in [-0.4, -0.2) is 11.7 Å². The van der Waals surface area contributed by atoms with Crippen LogP contribution in [0.4, 0.5) is 0 Å². The first kappa shape index (κ1) is 14.3. The van der Waals surface area contributed by atoms with E-state index >= 15 is 0 Å². The molecule has 0 amide bonds. The summed E-state index contributed by atoms with van der Waals surface area (Å²) in [7, 11) is 0. The van der Waals surface area contributed by atoms with Crippen LogP contribution in [0.15, 0.2) is 12.2 Å². The van der Waals surface area contributed by atoms with Gasteiger partial charge in [-0.25, -0.2) is 0 Å². The van der Waals surface area contributed by atoms with E-state index in [-0.39, 0.29) is 5.41 Å². The van der Waals surface area contributed by atoms with E-state index in [1.165, 1.54) is 57.8 Å². The van der Waals surface area contributed by atoms with E-state index < -0.39 is 0 Å². The van der Waals surface area contributed by atoms with Gasteiger partial charge in [0, 0.05) is 6.61 Å². The summed E-state index contributed by atoms with van der Waals surface area (Å²) >= 11 is 0. The predicted octanol–water partition coefficient (Wildman–Crippen LogP) is 4.95. The Hall–Kier alpha value is -0.300. The third-order valence-corrected chi connectivity index (χ3v) is 8.54. The monoisotopic (exact) mass is 288 g/mol. The molecular weight excluding hydrogens is 256 g/mol. The van der Waals surface area contributed by atoms with Crippen LogP contribution >= 0.6 is 0 Å². The van der Waals surface area contributed by atoms with Gasteiger partial charge in [0.25, 0.3) is 0 Å². The van der Waals surface area contributed by atoms with Gasteiger partial charge in [-0.05, 0) is 85.4 Å². The molecule has 4 fully saturated rings. The molecule has 4 rings (SSSR count). The van der Waals surface area contributed by atoms with Crippen LogP contribution in [0.3, 0.4) is 0 Å². The fourth-order valence-electron chi connectivity index (χ4n) is 7.68. The van der Waals surface area contributed by atoms with Crippen LogP contribution in [0.2, 0.25) is 0 Å². The topological polar surface area (TPSA) is 20.2 Å². The van der Waals surface area contributed by atoms with E-state index in [1.54, 1.807) is 5.57 Å². The lowest BCUT2D eigenvalue weighted by molar-refractivity contribution is -0.158. The van der Waals surface area contributed by atoms with Crippen molar-refractivity contribution in [2.45, 2.75) is 71.6 Å². The summed E-state index contributed by atoms with van der Waals surface area (Å²) in [6, 6.07) is 0. The molecule has 4 aliphatic rings. The highest BCUT2D eigenvalue weighted by Gasteiger charge is 2.63. The SMILES string of the molecule is C=C1C[C@@]23CC[C@@H]4[C@@](C)(CO)CCC[C@@]4(C)[C@@H]2CC[C@@H]1C3. The van der Waals surface area contributed by atoms with E-state index in [9.17, 15) is 5.11 Å². The fraction of sp³-hybridized carbons (Fsp3) is 0.900. The molecule has 6 atom stereocenters. The summed E-state index contributed by atoms with van der Waals surface area (Å²) in [4.78, 5) is 0. The quantitative estimate of drug-likeness (QED) is 0.677. The molecule has 1 spiro atoms. The number of aliphatic hydroxyl groups excluding tert-OH is 1. The molecule has 0 aliphatic heterocycles. The van der Waals surface area contributed by atoms with Crippen molar-refractivity contribution in [1.82, 2.24) is 0 Å². The predicted molar refractivity (Wildman–Crippen MR) is 86.9 cm³/mol. The van der Waals surface area contributed by atoms with Gasteiger partial charge in [-0.15, -0.1) is 0 Å². The van der Waals surface area contributed by atoms with Gasteiger partial charge < -0.3 is 5.11 Å². The molecule has 118 valence electrons. The largest absolute Gasteiger partial charge is 0.396 e. The molecule has 0 aromatic carbocycles. The van der Waals surface area contributed by atoms with Crippen molar-refractivity contribution in [3.05, 3.63) is 12.2 Å². The van der Waals surface area contributed by atoms with E-state index in [0.717, 1.165) is 17.8 Å². The second-order valence-corrected chi connectivity index (χ2v) is 9.49. The van der Waals surface area contributed by atoms with E-state index in [2.05, 4.69) is 20.4 Å². The van der Waals surface area contributed by atoms with Gasteiger partial charge in [-0.3, -0.25) is 0 Å². The molecule has 0 aromatic heterocycles. The molecule has 0 saturated heterocycles. The zero-order chi connectivity index (χ0) is 14.9. The third kappa shape index (κ3) is 1.73. The first-order valence-electron chi connectivity index (χ1n) is 9.22. The Kier molecular flexibility index (Phi) is 2.98. The zero-order valence-electron chi connectivity index (χ0n) is 14.0. The lowest BCUT2D eigenvalue weighted by Crippen LogP contribution is -2.57. The third-order valence-electron chi connectivity index (χ3n) is 8.54. The van der Waals surface area contributed by atoms with Crippen molar-refractivity contribution >= 4 is 0 Å². The summed E-state index contributed by atoms with van der Waals surface area (Å²) in [6.45, 7) is 9.77. The highest BCUT2D eigenvalue weighted by atomic mass is 16.3. The molecule has 4 aliphatic carbocycles. The number of allylic oxidation sites excluding steroid dienone is 1. The summed E-state index contributed by atoms with van der Waals surface area (Å²) in [5, 5.41) is 10.1. The maximum absolute atomic E-state index is 10.1. The Labute approximate surface area is 130 Å². The molecule has 0 radical (unpaired) electrons. The Balaban J connectivity index is 1.73. The first-order chi connectivity index (χ1) is 9.94. The van der Waals surface area contributed by atoms with Gasteiger partial charge in [-0.1, -0.05) is 32.4 Å². The van der Waals surface area contributed by atoms with Crippen LogP contribution in [-0.2, 0) is 0 Å². The molecule has 1 heteroatoms. The zero-order valence-corrected chi connectivity index (χ0v) is 14.0. The summed E-state index contributed by atoms with van der Waals surface area (Å²) in [5.74, 6) is 2.48. The van der Waals surface area contributed by atoms with Gasteiger partial charge in [0.05, 0.1) is 0 Å². The molecule has 1 N–H and O–H groups in total. The smallest absolute Gasteiger partial charge is 0.0487 e. The van der Waals surface area contributed by atoms with E-state index in [0.29, 0.717) is 17.4 Å². The Morgan fingerprint density at radius 1 is 1.10 bits per heavy atom. The minimum atomic E-state index is 0.182. The van der Waals surface area contributed by atoms with Crippen molar-refractivity contribution in [3.63, 3.8) is 0 Å². The molecule has 0 unspecified atom stereocenters. The summed E-state index contributed by atoms with van der Waals surface area (Å²) < 4.78 is 0. The molecule has 21 heavy (non-hydrogen) atoms. The standard InChI is InChI=1S/C20H32O/c1-14-11-20-10-7-16-18(2,13-21)8-4-9-19(16,3)17(20)6-5-15(14)12-20/h15-17,21H,1,4-13H2,2-3H3/t15-,16-,17+,18-,19-,20-/m1/s1. The van der Waals surface area contributed by atoms with E-state index in [4.69, 9.17) is 0 Å². The maximum atomic E-state index is 10.1. The van der Waals surface area contributed by atoms with Crippen LogP contribution in [0.1, 0.15) is 71.6 Å². The number of hydrogen-bond donors (Lipinski definition) is 1. The van der Waals surface area contributed by atoms with Crippen molar-refractivity contribution < 1.29 is 5.11 Å². The van der Waals surface area contributed by atoms with Gasteiger partial charge in [0.1, 0.15) is 0 Å². The summed E-state index contributed by atoms with van der Waals surface area (Å²) in [6.07, 6.45) is 12.3. The first-order valence-corrected chi connectivity index (χ1v) is 9.22. The van der Waals surface area contributed by atoms with Crippen molar-refractivity contribution in [2.24, 2.45) is 34.0 Å². The second kappa shape index (κ2) is 4.37. The number of aliphatic hydroxyl groups is 1. The number of rotatable bonds is 1. The Morgan fingerprint density at radius 2 is 1.90 bits per heavy atom. The normalized spacial score (nSPS) is 56.0. The van der Waals surface area contributed by atoms with Gasteiger partial charge in [0.15, 0.2) is 0 Å². The van der Waals surface area contributed by atoms with Gasteiger partial charge in [0.2, 0.25) is 0 Å². The minimum Gasteiger partial charge on any atom is -0.396 e. The molecule has 0 aromatic rings. The van der Waals surface area contributed by atoms with Gasteiger partial charge >= 0.3 is 0 Å². The van der Waals surface area contributed by atoms with Gasteiger partial charge in [-0.2, -0.15) is 0 Å². The molecule has 0 heterocycles. The van der Waals surface area contributed by atoms with Crippen molar-refractivity contribution in [1.29, 1.82) is 0 Å². The van der Waals surface area contributed by atoms with Crippen LogP contribution in [0.25, 0.3) is 0 Å². The number of fused-ring (bicyclic) bond motifs is 3. The lowest BCUT2D eigenvalue weighted by Gasteiger charge is -2.64. The van der Waals surface area contributed by atoms with E-state index in [1.807, 2.05) is 0 Å². The molecule has 1 nitrogen and oxygen atoms in total. The molecular formula is C20H32O. The fourth-order valence-corrected chi connectivity index (χ4v) is 7.68. The Morgan fingerprint density at radius 3 is 2.67 bits per heavy atom. The minimum absolute atomic E-state index is 0.182. The second-order valence-electron chi connectivity index (χ2n) is 9.49.